The van der Waals surface area contributed by atoms with E-state index >= 15 is 0 Å². The van der Waals surface area contributed by atoms with Crippen molar-refractivity contribution in [1.82, 2.24) is 4.90 Å². The van der Waals surface area contributed by atoms with E-state index in [1.165, 1.54) is 11.0 Å². The second-order valence-corrected chi connectivity index (χ2v) is 5.09. The molecule has 3 nitrogen and oxygen atoms in total. The smallest absolute Gasteiger partial charge is 0.227 e. The van der Waals surface area contributed by atoms with Crippen LogP contribution in [0.15, 0.2) is 18.2 Å². The van der Waals surface area contributed by atoms with Gasteiger partial charge in [0.1, 0.15) is 11.6 Å². The molecule has 1 aliphatic heterocycles. The van der Waals surface area contributed by atoms with Crippen molar-refractivity contribution in [2.75, 3.05) is 13.1 Å². The summed E-state index contributed by atoms with van der Waals surface area (Å²) in [6.07, 6.45) is 0.0993. The summed E-state index contributed by atoms with van der Waals surface area (Å²) >= 11 is 0. The second-order valence-electron chi connectivity index (χ2n) is 5.09. The normalized spacial score (nSPS) is 23.5. The zero-order valence-electron chi connectivity index (χ0n) is 10.8. The van der Waals surface area contributed by atoms with E-state index in [0.717, 1.165) is 18.6 Å². The van der Waals surface area contributed by atoms with E-state index in [0.29, 0.717) is 6.54 Å². The van der Waals surface area contributed by atoms with Gasteiger partial charge in [-0.05, 0) is 24.0 Å². The van der Waals surface area contributed by atoms with Crippen LogP contribution in [-0.4, -0.2) is 35.1 Å². The molecule has 1 aliphatic rings. The first-order valence-corrected chi connectivity index (χ1v) is 6.37. The van der Waals surface area contributed by atoms with Gasteiger partial charge in [0.05, 0.1) is 12.5 Å². The molecule has 5 heteroatoms. The molecule has 1 heterocycles. The van der Waals surface area contributed by atoms with Gasteiger partial charge < -0.3 is 10.0 Å². The van der Waals surface area contributed by atoms with Gasteiger partial charge in [-0.3, -0.25) is 4.79 Å². The molecule has 1 fully saturated rings. The van der Waals surface area contributed by atoms with Crippen molar-refractivity contribution in [2.45, 2.75) is 25.9 Å². The Morgan fingerprint density at radius 3 is 2.84 bits per heavy atom. The molecule has 1 saturated heterocycles. The number of benzene rings is 1. The molecule has 2 rings (SSSR count). The fourth-order valence-electron chi connectivity index (χ4n) is 2.22. The molecule has 1 N–H and O–H groups in total. The molecule has 0 radical (unpaired) electrons. The Labute approximate surface area is 110 Å². The Bertz CT molecular complexity index is 479. The minimum absolute atomic E-state index is 0.104. The van der Waals surface area contributed by atoms with E-state index in [2.05, 4.69) is 0 Å². The number of carbonyl (C=O) groups excluding carboxylic acids is 1. The minimum atomic E-state index is -0.709. The fraction of sp³-hybridized carbons (Fsp3) is 0.500. The Hall–Kier alpha value is -1.49. The third-order valence-electron chi connectivity index (χ3n) is 3.63. The van der Waals surface area contributed by atoms with Gasteiger partial charge in [0.25, 0.3) is 0 Å². The highest BCUT2D eigenvalue weighted by Crippen LogP contribution is 2.18. The average molecular weight is 269 g/mol. The zero-order chi connectivity index (χ0) is 14.0. The molecule has 0 aromatic heterocycles. The van der Waals surface area contributed by atoms with Crippen molar-refractivity contribution in [3.05, 3.63) is 35.4 Å². The number of rotatable bonds is 2. The van der Waals surface area contributed by atoms with Crippen LogP contribution in [0.3, 0.4) is 0 Å². The van der Waals surface area contributed by atoms with Crippen LogP contribution in [0.25, 0.3) is 0 Å². The first kappa shape index (κ1) is 13.9. The van der Waals surface area contributed by atoms with E-state index in [4.69, 9.17) is 0 Å². The first-order chi connectivity index (χ1) is 8.97. The van der Waals surface area contributed by atoms with E-state index < -0.39 is 17.7 Å². The zero-order valence-corrected chi connectivity index (χ0v) is 10.8. The summed E-state index contributed by atoms with van der Waals surface area (Å²) in [6.45, 7) is 2.79. The van der Waals surface area contributed by atoms with E-state index in [1.807, 2.05) is 6.92 Å². The quantitative estimate of drug-likeness (QED) is 0.888. The first-order valence-electron chi connectivity index (χ1n) is 6.37. The van der Waals surface area contributed by atoms with Gasteiger partial charge in [-0.25, -0.2) is 8.78 Å². The monoisotopic (exact) mass is 269 g/mol. The third-order valence-corrected chi connectivity index (χ3v) is 3.63. The van der Waals surface area contributed by atoms with Gasteiger partial charge in [0, 0.05) is 19.2 Å². The molecule has 2 atom stereocenters. The van der Waals surface area contributed by atoms with E-state index in [-0.39, 0.29) is 30.4 Å². The van der Waals surface area contributed by atoms with Crippen LogP contribution in [-0.2, 0) is 11.2 Å². The molecule has 0 spiro atoms. The van der Waals surface area contributed by atoms with Gasteiger partial charge in [-0.2, -0.15) is 0 Å². The number of β-amino-alcohol motifs (C(OH)–C–C–N with tert-alkyl or cyclic N) is 1. The number of likely N-dealkylation sites (tertiary alicyclic amines) is 1. The number of aliphatic hydroxyl groups is 1. The topological polar surface area (TPSA) is 40.5 Å². The van der Waals surface area contributed by atoms with Crippen LogP contribution in [0.4, 0.5) is 8.78 Å². The lowest BCUT2D eigenvalue weighted by atomic mass is 9.95. The SMILES string of the molecule is CC1CCN(C(=O)Cc2ccc(F)cc2F)CC1O. The highest BCUT2D eigenvalue weighted by atomic mass is 19.1. The molecule has 1 aromatic rings. The summed E-state index contributed by atoms with van der Waals surface area (Å²) in [7, 11) is 0. The maximum Gasteiger partial charge on any atom is 0.227 e. The van der Waals surface area contributed by atoms with Crippen LogP contribution in [0.1, 0.15) is 18.9 Å². The van der Waals surface area contributed by atoms with Gasteiger partial charge >= 0.3 is 0 Å². The van der Waals surface area contributed by atoms with Crippen LogP contribution in [0.2, 0.25) is 0 Å². The molecule has 0 aliphatic carbocycles. The number of hydrogen-bond donors (Lipinski definition) is 1. The number of carbonyl (C=O) groups is 1. The summed E-state index contributed by atoms with van der Waals surface area (Å²) in [5.74, 6) is -1.43. The van der Waals surface area contributed by atoms with Gasteiger partial charge in [-0.15, -0.1) is 0 Å². The lowest BCUT2D eigenvalue weighted by Gasteiger charge is -2.34. The predicted octanol–water partition coefficient (Wildman–Crippen LogP) is 1.74. The van der Waals surface area contributed by atoms with Crippen molar-refractivity contribution in [2.24, 2.45) is 5.92 Å². The maximum atomic E-state index is 13.5. The molecule has 19 heavy (non-hydrogen) atoms. The number of halogens is 2. The Kier molecular flexibility index (Phi) is 4.14. The van der Waals surface area contributed by atoms with E-state index in [9.17, 15) is 18.7 Å². The van der Waals surface area contributed by atoms with Crippen LogP contribution < -0.4 is 0 Å². The Morgan fingerprint density at radius 2 is 2.21 bits per heavy atom. The highest BCUT2D eigenvalue weighted by Gasteiger charge is 2.27. The summed E-state index contributed by atoms with van der Waals surface area (Å²) < 4.78 is 26.2. The molecule has 2 unspecified atom stereocenters. The highest BCUT2D eigenvalue weighted by molar-refractivity contribution is 5.79. The number of amides is 1. The second kappa shape index (κ2) is 5.65. The lowest BCUT2D eigenvalue weighted by molar-refractivity contribution is -0.134. The Morgan fingerprint density at radius 1 is 1.47 bits per heavy atom. The van der Waals surface area contributed by atoms with Crippen molar-refractivity contribution in [3.8, 4) is 0 Å². The van der Waals surface area contributed by atoms with Gasteiger partial charge in [0.2, 0.25) is 5.91 Å². The average Bonchev–Trinajstić information content (AvgIpc) is 2.36. The van der Waals surface area contributed by atoms with Crippen molar-refractivity contribution >= 4 is 5.91 Å². The number of aliphatic hydroxyl groups excluding tert-OH is 1. The molecular formula is C14H17F2NO2. The molecule has 104 valence electrons. The van der Waals surface area contributed by atoms with Gasteiger partial charge in [-0.1, -0.05) is 13.0 Å². The lowest BCUT2D eigenvalue weighted by Crippen LogP contribution is -2.46. The van der Waals surface area contributed by atoms with E-state index in [1.54, 1.807) is 0 Å². The molecule has 0 bridgehead atoms. The van der Waals surface area contributed by atoms with Crippen molar-refractivity contribution in [1.29, 1.82) is 0 Å². The standard InChI is InChI=1S/C14H17F2NO2/c1-9-4-5-17(8-13(9)18)14(19)6-10-2-3-11(15)7-12(10)16/h2-3,7,9,13,18H,4-6,8H2,1H3. The minimum Gasteiger partial charge on any atom is -0.391 e. The predicted molar refractivity (Wildman–Crippen MR) is 66.4 cm³/mol. The molecule has 0 saturated carbocycles. The molecular weight excluding hydrogens is 252 g/mol. The number of hydrogen-bond acceptors (Lipinski definition) is 2. The third kappa shape index (κ3) is 3.29. The number of piperidine rings is 1. The maximum absolute atomic E-state index is 13.5. The van der Waals surface area contributed by atoms with Crippen LogP contribution in [0, 0.1) is 17.6 Å². The molecule has 1 amide bonds. The summed E-state index contributed by atoms with van der Waals surface area (Å²) in [5.41, 5.74) is 0.180. The fourth-order valence-corrected chi connectivity index (χ4v) is 2.22. The largest absolute Gasteiger partial charge is 0.391 e. The van der Waals surface area contributed by atoms with Crippen LogP contribution in [0.5, 0.6) is 0 Å². The number of nitrogens with zero attached hydrogens (tertiary/aromatic N) is 1. The van der Waals surface area contributed by atoms with Crippen molar-refractivity contribution in [3.63, 3.8) is 0 Å². The van der Waals surface area contributed by atoms with Crippen LogP contribution >= 0.6 is 0 Å². The van der Waals surface area contributed by atoms with Gasteiger partial charge in [0.15, 0.2) is 0 Å². The van der Waals surface area contributed by atoms with Crippen molar-refractivity contribution < 1.29 is 18.7 Å². The summed E-state index contributed by atoms with van der Waals surface area (Å²) in [6, 6.07) is 3.19. The molecule has 1 aromatic carbocycles. The summed E-state index contributed by atoms with van der Waals surface area (Å²) in [4.78, 5) is 13.5. The summed E-state index contributed by atoms with van der Waals surface area (Å²) in [5, 5.41) is 9.74. The Balaban J connectivity index is 2.01.